The molecule has 4 rings (SSSR count). The Balaban J connectivity index is 1.67. The molecule has 2 unspecified atom stereocenters. The molecule has 0 radical (unpaired) electrons. The number of carboxylic acid groups (broad SMARTS) is 1. The summed E-state index contributed by atoms with van der Waals surface area (Å²) >= 11 is 0. The zero-order valence-electron chi connectivity index (χ0n) is 15.9. The summed E-state index contributed by atoms with van der Waals surface area (Å²) in [6.07, 6.45) is 1.68. The van der Waals surface area contributed by atoms with Crippen LogP contribution in [0.2, 0.25) is 0 Å². The summed E-state index contributed by atoms with van der Waals surface area (Å²) in [5, 5.41) is 9.51. The second-order valence-electron chi connectivity index (χ2n) is 7.47. The van der Waals surface area contributed by atoms with E-state index in [0.29, 0.717) is 6.54 Å². The molecule has 1 aliphatic heterocycles. The fourth-order valence-electron chi connectivity index (χ4n) is 4.18. The van der Waals surface area contributed by atoms with E-state index in [2.05, 4.69) is 77.7 Å². The molecule has 3 aromatic rings. The van der Waals surface area contributed by atoms with Crippen LogP contribution in [0.15, 0.2) is 84.9 Å². The first-order valence-electron chi connectivity index (χ1n) is 9.89. The van der Waals surface area contributed by atoms with Gasteiger partial charge in [-0.3, -0.25) is 9.69 Å². The van der Waals surface area contributed by atoms with E-state index in [1.54, 1.807) is 0 Å². The minimum Gasteiger partial charge on any atom is -0.481 e. The van der Waals surface area contributed by atoms with Gasteiger partial charge in [-0.1, -0.05) is 84.9 Å². The number of hydrogen-bond donors (Lipinski definition) is 1. The van der Waals surface area contributed by atoms with E-state index in [1.807, 2.05) is 12.1 Å². The molecule has 1 heterocycles. The molecule has 3 nitrogen and oxygen atoms in total. The van der Waals surface area contributed by atoms with Gasteiger partial charge >= 0.3 is 5.97 Å². The summed E-state index contributed by atoms with van der Waals surface area (Å²) in [4.78, 5) is 13.9. The van der Waals surface area contributed by atoms with Crippen molar-refractivity contribution < 1.29 is 9.90 Å². The standard InChI is InChI=1S/C25H25NO2/c27-25(28)23-12-7-17-26(18-23)24(21-10-5-2-6-11-21)22-15-13-20(14-16-22)19-8-3-1-4-9-19/h1-6,8-11,13-16,23-24H,7,12,17-18H2,(H,27,28). The van der Waals surface area contributed by atoms with Crippen LogP contribution in [-0.4, -0.2) is 29.1 Å². The fraction of sp³-hybridized carbons (Fsp3) is 0.240. The van der Waals surface area contributed by atoms with E-state index in [9.17, 15) is 9.90 Å². The van der Waals surface area contributed by atoms with Crippen molar-refractivity contribution >= 4 is 5.97 Å². The van der Waals surface area contributed by atoms with Crippen LogP contribution in [-0.2, 0) is 4.79 Å². The van der Waals surface area contributed by atoms with E-state index in [0.717, 1.165) is 19.4 Å². The number of nitrogens with zero attached hydrogens (tertiary/aromatic N) is 1. The van der Waals surface area contributed by atoms with Crippen molar-refractivity contribution in [1.82, 2.24) is 4.90 Å². The van der Waals surface area contributed by atoms with Gasteiger partial charge in [0, 0.05) is 6.54 Å². The number of carbonyl (C=O) groups is 1. The molecule has 0 saturated carbocycles. The van der Waals surface area contributed by atoms with Gasteiger partial charge in [0.15, 0.2) is 0 Å². The molecule has 1 aliphatic rings. The van der Waals surface area contributed by atoms with Crippen molar-refractivity contribution in [2.45, 2.75) is 18.9 Å². The molecule has 0 bridgehead atoms. The van der Waals surface area contributed by atoms with Crippen LogP contribution in [0.1, 0.15) is 30.0 Å². The zero-order chi connectivity index (χ0) is 19.3. The fourth-order valence-corrected chi connectivity index (χ4v) is 4.18. The van der Waals surface area contributed by atoms with Gasteiger partial charge in [0.2, 0.25) is 0 Å². The van der Waals surface area contributed by atoms with Crippen LogP contribution in [0.25, 0.3) is 11.1 Å². The number of rotatable bonds is 5. The highest BCUT2D eigenvalue weighted by Gasteiger charge is 2.31. The number of piperidine rings is 1. The molecular formula is C25H25NO2. The van der Waals surface area contributed by atoms with Gasteiger partial charge in [0.05, 0.1) is 12.0 Å². The number of carboxylic acids is 1. The Morgan fingerprint density at radius 2 is 1.39 bits per heavy atom. The molecule has 0 aliphatic carbocycles. The van der Waals surface area contributed by atoms with Crippen molar-refractivity contribution in [3.63, 3.8) is 0 Å². The van der Waals surface area contributed by atoms with Crippen LogP contribution in [0.3, 0.4) is 0 Å². The number of aliphatic carboxylic acids is 1. The molecule has 3 aromatic carbocycles. The van der Waals surface area contributed by atoms with Crippen LogP contribution in [0.4, 0.5) is 0 Å². The van der Waals surface area contributed by atoms with Gasteiger partial charge in [0.25, 0.3) is 0 Å². The summed E-state index contributed by atoms with van der Waals surface area (Å²) in [6.45, 7) is 1.51. The molecule has 1 fully saturated rings. The monoisotopic (exact) mass is 371 g/mol. The summed E-state index contributed by atoms with van der Waals surface area (Å²) in [5.74, 6) is -0.973. The van der Waals surface area contributed by atoms with Gasteiger partial charge in [0.1, 0.15) is 0 Å². The Bertz CT molecular complexity index is 906. The third-order valence-electron chi connectivity index (χ3n) is 5.62. The Morgan fingerprint density at radius 1 is 0.821 bits per heavy atom. The lowest BCUT2D eigenvalue weighted by atomic mass is 9.90. The second kappa shape index (κ2) is 8.41. The molecule has 142 valence electrons. The molecule has 0 aromatic heterocycles. The first-order chi connectivity index (χ1) is 13.7. The van der Waals surface area contributed by atoms with Gasteiger partial charge in [-0.2, -0.15) is 0 Å². The molecule has 0 spiro atoms. The summed E-state index contributed by atoms with van der Waals surface area (Å²) in [6, 6.07) is 29.6. The summed E-state index contributed by atoms with van der Waals surface area (Å²) in [7, 11) is 0. The molecule has 2 atom stereocenters. The van der Waals surface area contributed by atoms with Crippen LogP contribution in [0.5, 0.6) is 0 Å². The predicted octanol–water partition coefficient (Wildman–Crippen LogP) is 5.24. The van der Waals surface area contributed by atoms with E-state index in [4.69, 9.17) is 0 Å². The quantitative estimate of drug-likeness (QED) is 0.667. The summed E-state index contributed by atoms with van der Waals surface area (Å²) < 4.78 is 0. The van der Waals surface area contributed by atoms with Crippen LogP contribution >= 0.6 is 0 Å². The third-order valence-corrected chi connectivity index (χ3v) is 5.62. The molecule has 28 heavy (non-hydrogen) atoms. The predicted molar refractivity (Wildman–Crippen MR) is 112 cm³/mol. The first kappa shape index (κ1) is 18.5. The maximum atomic E-state index is 11.6. The van der Waals surface area contributed by atoms with Crippen molar-refractivity contribution in [3.05, 3.63) is 96.1 Å². The van der Waals surface area contributed by atoms with Gasteiger partial charge in [-0.05, 0) is 41.6 Å². The minimum atomic E-state index is -0.684. The van der Waals surface area contributed by atoms with E-state index >= 15 is 0 Å². The SMILES string of the molecule is O=C(O)C1CCCN(C(c2ccccc2)c2ccc(-c3ccccc3)cc2)C1. The second-order valence-corrected chi connectivity index (χ2v) is 7.47. The highest BCUT2D eigenvalue weighted by molar-refractivity contribution is 5.70. The zero-order valence-corrected chi connectivity index (χ0v) is 15.9. The third kappa shape index (κ3) is 4.00. The van der Waals surface area contributed by atoms with Gasteiger partial charge in [-0.25, -0.2) is 0 Å². The van der Waals surface area contributed by atoms with Gasteiger partial charge in [-0.15, -0.1) is 0 Å². The van der Waals surface area contributed by atoms with Crippen molar-refractivity contribution in [3.8, 4) is 11.1 Å². The smallest absolute Gasteiger partial charge is 0.307 e. The average molecular weight is 371 g/mol. The normalized spacial score (nSPS) is 18.5. The lowest BCUT2D eigenvalue weighted by Gasteiger charge is -2.37. The Hall–Kier alpha value is -2.91. The van der Waals surface area contributed by atoms with Crippen molar-refractivity contribution in [1.29, 1.82) is 0 Å². The average Bonchev–Trinajstić information content (AvgIpc) is 2.76. The Morgan fingerprint density at radius 3 is 2.04 bits per heavy atom. The molecule has 1 N–H and O–H groups in total. The highest BCUT2D eigenvalue weighted by atomic mass is 16.4. The van der Waals surface area contributed by atoms with Crippen molar-refractivity contribution in [2.24, 2.45) is 5.92 Å². The lowest BCUT2D eigenvalue weighted by Crippen LogP contribution is -2.41. The summed E-state index contributed by atoms with van der Waals surface area (Å²) in [5.41, 5.74) is 4.81. The minimum absolute atomic E-state index is 0.0770. The first-order valence-corrected chi connectivity index (χ1v) is 9.89. The van der Waals surface area contributed by atoms with E-state index < -0.39 is 5.97 Å². The number of hydrogen-bond acceptors (Lipinski definition) is 2. The molecular weight excluding hydrogens is 346 g/mol. The maximum Gasteiger partial charge on any atom is 0.307 e. The Kier molecular flexibility index (Phi) is 5.54. The molecule has 3 heteroatoms. The molecule has 0 amide bonds. The highest BCUT2D eigenvalue weighted by Crippen LogP contribution is 2.33. The maximum absolute atomic E-state index is 11.6. The largest absolute Gasteiger partial charge is 0.481 e. The van der Waals surface area contributed by atoms with Crippen molar-refractivity contribution in [2.75, 3.05) is 13.1 Å². The number of likely N-dealkylation sites (tertiary alicyclic amines) is 1. The van der Waals surface area contributed by atoms with Crippen LogP contribution < -0.4 is 0 Å². The van der Waals surface area contributed by atoms with Gasteiger partial charge < -0.3 is 5.11 Å². The van der Waals surface area contributed by atoms with Crippen LogP contribution in [0, 0.1) is 5.92 Å². The number of benzene rings is 3. The lowest BCUT2D eigenvalue weighted by molar-refractivity contribution is -0.143. The van der Waals surface area contributed by atoms with E-state index in [-0.39, 0.29) is 12.0 Å². The topological polar surface area (TPSA) is 40.5 Å². The Labute approximate surface area is 166 Å². The molecule has 1 saturated heterocycles. The van der Waals surface area contributed by atoms with E-state index in [1.165, 1.54) is 22.3 Å².